The van der Waals surface area contributed by atoms with Crippen molar-refractivity contribution in [3.63, 3.8) is 0 Å². The van der Waals surface area contributed by atoms with Gasteiger partial charge in [0.25, 0.3) is 0 Å². The summed E-state index contributed by atoms with van der Waals surface area (Å²) in [6.07, 6.45) is 0. The number of anilines is 1. The molecule has 1 amide bonds. The number of aromatic nitrogens is 3. The van der Waals surface area contributed by atoms with Crippen LogP contribution in [0.5, 0.6) is 5.75 Å². The first-order chi connectivity index (χ1) is 14.8. The number of thioether (sulfide) groups is 1. The van der Waals surface area contributed by atoms with Crippen molar-refractivity contribution in [2.45, 2.75) is 29.3 Å². The maximum atomic E-state index is 12.6. The molecule has 31 heavy (non-hydrogen) atoms. The van der Waals surface area contributed by atoms with Crippen molar-refractivity contribution < 1.29 is 17.9 Å². The summed E-state index contributed by atoms with van der Waals surface area (Å²) in [7, 11) is -2.04. The molecule has 1 heterocycles. The molecule has 1 N–H and O–H groups in total. The highest BCUT2D eigenvalue weighted by atomic mass is 35.5. The zero-order valence-electron chi connectivity index (χ0n) is 16.9. The highest BCUT2D eigenvalue weighted by Gasteiger charge is 2.21. The van der Waals surface area contributed by atoms with E-state index in [1.165, 1.54) is 18.9 Å². The van der Waals surface area contributed by atoms with Crippen LogP contribution in [-0.4, -0.2) is 42.0 Å². The molecular weight excluding hydrogens is 460 g/mol. The summed E-state index contributed by atoms with van der Waals surface area (Å²) < 4.78 is 32.1. The van der Waals surface area contributed by atoms with E-state index in [-0.39, 0.29) is 22.3 Å². The smallest absolute Gasteiger partial charge is 0.234 e. The van der Waals surface area contributed by atoms with Crippen LogP contribution in [0.15, 0.2) is 58.6 Å². The summed E-state index contributed by atoms with van der Waals surface area (Å²) in [6, 6.07) is 13.2. The second-order valence-electron chi connectivity index (χ2n) is 6.40. The van der Waals surface area contributed by atoms with Crippen LogP contribution < -0.4 is 10.1 Å². The van der Waals surface area contributed by atoms with Crippen LogP contribution in [0.25, 0.3) is 0 Å². The Labute approximate surface area is 189 Å². The van der Waals surface area contributed by atoms with Crippen LogP contribution in [-0.2, 0) is 26.9 Å². The summed E-state index contributed by atoms with van der Waals surface area (Å²) in [5.74, 6) is 0.400. The van der Waals surface area contributed by atoms with Gasteiger partial charge in [-0.2, -0.15) is 0 Å². The molecule has 2 aromatic carbocycles. The first-order valence-electron chi connectivity index (χ1n) is 9.30. The third kappa shape index (κ3) is 5.78. The zero-order valence-corrected chi connectivity index (χ0v) is 19.3. The molecule has 0 aliphatic rings. The zero-order chi connectivity index (χ0) is 22.4. The summed E-state index contributed by atoms with van der Waals surface area (Å²) >= 11 is 7.25. The molecule has 0 atom stereocenters. The minimum Gasteiger partial charge on any atom is -0.495 e. The number of rotatable bonds is 9. The lowest BCUT2D eigenvalue weighted by molar-refractivity contribution is -0.113. The highest BCUT2D eigenvalue weighted by Crippen LogP contribution is 2.27. The largest absolute Gasteiger partial charge is 0.495 e. The van der Waals surface area contributed by atoms with Crippen LogP contribution in [0.2, 0.25) is 5.02 Å². The quantitative estimate of drug-likeness (QED) is 0.466. The van der Waals surface area contributed by atoms with E-state index in [2.05, 4.69) is 15.5 Å². The number of nitrogens with zero attached hydrogens (tertiary/aromatic N) is 3. The van der Waals surface area contributed by atoms with Gasteiger partial charge < -0.3 is 14.6 Å². The molecule has 0 unspecified atom stereocenters. The van der Waals surface area contributed by atoms with Gasteiger partial charge in [0.05, 0.1) is 22.8 Å². The lowest BCUT2D eigenvalue weighted by atomic mass is 10.3. The Bertz CT molecular complexity index is 1170. The van der Waals surface area contributed by atoms with Crippen LogP contribution in [0.3, 0.4) is 0 Å². The number of nitrogens with one attached hydrogen (secondary N) is 1. The fourth-order valence-corrected chi connectivity index (χ4v) is 5.17. The molecular formula is C20H21ClN4O4S2. The van der Waals surface area contributed by atoms with E-state index in [4.69, 9.17) is 16.3 Å². The summed E-state index contributed by atoms with van der Waals surface area (Å²) in [6.45, 7) is 2.34. The number of amides is 1. The molecule has 0 saturated carbocycles. The summed E-state index contributed by atoms with van der Waals surface area (Å²) in [5, 5.41) is 11.7. The Hall–Kier alpha value is -2.56. The van der Waals surface area contributed by atoms with Crippen LogP contribution in [0.4, 0.5) is 5.69 Å². The molecule has 0 aliphatic carbocycles. The molecule has 0 bridgehead atoms. The van der Waals surface area contributed by atoms with Crippen LogP contribution >= 0.6 is 23.4 Å². The van der Waals surface area contributed by atoms with Gasteiger partial charge in [-0.05, 0) is 37.3 Å². The number of carbonyl (C=O) groups is 1. The fourth-order valence-electron chi connectivity index (χ4n) is 2.80. The molecule has 8 nitrogen and oxygen atoms in total. The number of methoxy groups -OCH3 is 1. The van der Waals surface area contributed by atoms with Crippen molar-refractivity contribution in [1.29, 1.82) is 0 Å². The van der Waals surface area contributed by atoms with E-state index in [1.807, 2.05) is 6.92 Å². The van der Waals surface area contributed by atoms with Crippen molar-refractivity contribution in [2.75, 3.05) is 18.2 Å². The lowest BCUT2D eigenvalue weighted by Gasteiger charge is -2.09. The Morgan fingerprint density at radius 1 is 1.19 bits per heavy atom. The van der Waals surface area contributed by atoms with Crippen LogP contribution in [0.1, 0.15) is 12.7 Å². The number of carbonyl (C=O) groups excluding carboxylic acids is 1. The van der Waals surface area contributed by atoms with Crippen molar-refractivity contribution in [3.05, 3.63) is 59.4 Å². The Morgan fingerprint density at radius 3 is 2.58 bits per heavy atom. The van der Waals surface area contributed by atoms with Gasteiger partial charge in [-0.1, -0.05) is 41.6 Å². The van der Waals surface area contributed by atoms with E-state index in [1.54, 1.807) is 53.1 Å². The van der Waals surface area contributed by atoms with E-state index in [9.17, 15) is 13.2 Å². The Kier molecular flexibility index (Phi) is 7.58. The van der Waals surface area contributed by atoms with E-state index in [0.29, 0.717) is 34.0 Å². The van der Waals surface area contributed by atoms with Gasteiger partial charge in [-0.3, -0.25) is 4.79 Å². The maximum Gasteiger partial charge on any atom is 0.234 e. The predicted octanol–water partition coefficient (Wildman–Crippen LogP) is 3.66. The van der Waals surface area contributed by atoms with Crippen molar-refractivity contribution in [1.82, 2.24) is 14.8 Å². The summed E-state index contributed by atoms with van der Waals surface area (Å²) in [4.78, 5) is 12.5. The Balaban J connectivity index is 1.65. The monoisotopic (exact) mass is 480 g/mol. The third-order valence-electron chi connectivity index (χ3n) is 4.30. The third-order valence-corrected chi connectivity index (χ3v) is 7.19. The molecule has 164 valence electrons. The van der Waals surface area contributed by atoms with Gasteiger partial charge in [-0.15, -0.1) is 10.2 Å². The first-order valence-corrected chi connectivity index (χ1v) is 12.3. The molecule has 0 radical (unpaired) electrons. The SMILES string of the molecule is CCn1c(CS(=O)(=O)c2ccccc2)nnc1SCC(=O)Nc1ccc(OC)c(Cl)c1. The standard InChI is InChI=1S/C20H21ClN4O4S2/c1-3-25-18(13-31(27,28)15-7-5-4-6-8-15)23-24-20(25)30-12-19(26)22-14-9-10-17(29-2)16(21)11-14/h4-11H,3,12-13H2,1-2H3,(H,22,26). The highest BCUT2D eigenvalue weighted by molar-refractivity contribution is 7.99. The van der Waals surface area contributed by atoms with Crippen LogP contribution in [0, 0.1) is 0 Å². The fraction of sp³-hybridized carbons (Fsp3) is 0.250. The molecule has 0 fully saturated rings. The summed E-state index contributed by atoms with van der Waals surface area (Å²) in [5.41, 5.74) is 0.544. The minimum absolute atomic E-state index is 0.0766. The van der Waals surface area contributed by atoms with Gasteiger partial charge in [0.2, 0.25) is 5.91 Å². The van der Waals surface area contributed by atoms with Gasteiger partial charge >= 0.3 is 0 Å². The van der Waals surface area contributed by atoms with E-state index in [0.717, 1.165) is 0 Å². The average Bonchev–Trinajstić information content (AvgIpc) is 3.13. The number of hydrogen-bond acceptors (Lipinski definition) is 7. The molecule has 1 aromatic heterocycles. The van der Waals surface area contributed by atoms with Crippen molar-refractivity contribution in [2.24, 2.45) is 0 Å². The van der Waals surface area contributed by atoms with Gasteiger partial charge in [0.15, 0.2) is 15.0 Å². The first kappa shape index (κ1) is 23.1. The molecule has 0 aliphatic heterocycles. The topological polar surface area (TPSA) is 103 Å². The number of benzene rings is 2. The molecule has 11 heteroatoms. The predicted molar refractivity (Wildman–Crippen MR) is 120 cm³/mol. The second-order valence-corrected chi connectivity index (χ2v) is 9.74. The normalized spacial score (nSPS) is 11.3. The number of sulfone groups is 1. The molecule has 3 aromatic rings. The minimum atomic E-state index is -3.55. The van der Waals surface area contributed by atoms with Gasteiger partial charge in [0, 0.05) is 12.2 Å². The lowest BCUT2D eigenvalue weighted by Crippen LogP contribution is -2.15. The van der Waals surface area contributed by atoms with E-state index >= 15 is 0 Å². The van der Waals surface area contributed by atoms with Gasteiger partial charge in [-0.25, -0.2) is 8.42 Å². The second kappa shape index (κ2) is 10.2. The number of ether oxygens (including phenoxy) is 1. The van der Waals surface area contributed by atoms with Crippen molar-refractivity contribution >= 4 is 44.8 Å². The van der Waals surface area contributed by atoms with E-state index < -0.39 is 9.84 Å². The molecule has 0 spiro atoms. The van der Waals surface area contributed by atoms with Gasteiger partial charge in [0.1, 0.15) is 17.3 Å². The maximum absolute atomic E-state index is 12.6. The number of halogens is 1. The molecule has 3 rings (SSSR count). The average molecular weight is 481 g/mol. The van der Waals surface area contributed by atoms with Crippen molar-refractivity contribution in [3.8, 4) is 5.75 Å². The number of hydrogen-bond donors (Lipinski definition) is 1. The molecule has 0 saturated heterocycles. The Morgan fingerprint density at radius 2 is 1.94 bits per heavy atom.